The van der Waals surface area contributed by atoms with Crippen LogP contribution >= 0.6 is 0 Å². The zero-order chi connectivity index (χ0) is 11.9. The van der Waals surface area contributed by atoms with E-state index in [4.69, 9.17) is 4.55 Å². The third kappa shape index (κ3) is 6.29. The molecule has 0 spiro atoms. The number of nitrogens with one attached hydrogen (secondary N) is 1. The second-order valence-corrected chi connectivity index (χ2v) is 4.59. The standard InChI is InChI=1S/C8H17NO5S/c1-3-5-6-9-8(10)14-7(4-2)15(11,12)13/h7H,3-6H2,1-2H3,(H,9,10)(H,11,12,13). The van der Waals surface area contributed by atoms with Gasteiger partial charge in [0.05, 0.1) is 0 Å². The Morgan fingerprint density at radius 2 is 2.07 bits per heavy atom. The summed E-state index contributed by atoms with van der Waals surface area (Å²) in [5.74, 6) is 0. The van der Waals surface area contributed by atoms with Gasteiger partial charge in [-0.3, -0.25) is 4.55 Å². The van der Waals surface area contributed by atoms with E-state index in [1.807, 2.05) is 6.92 Å². The molecule has 0 aliphatic carbocycles. The molecule has 0 aromatic heterocycles. The van der Waals surface area contributed by atoms with Gasteiger partial charge < -0.3 is 10.1 Å². The van der Waals surface area contributed by atoms with Gasteiger partial charge in [-0.25, -0.2) is 4.79 Å². The van der Waals surface area contributed by atoms with Crippen LogP contribution in [0.5, 0.6) is 0 Å². The summed E-state index contributed by atoms with van der Waals surface area (Å²) in [4.78, 5) is 11.0. The van der Waals surface area contributed by atoms with Crippen molar-refractivity contribution in [3.8, 4) is 0 Å². The summed E-state index contributed by atoms with van der Waals surface area (Å²) < 4.78 is 34.5. The maximum absolute atomic E-state index is 11.0. The number of unbranched alkanes of at least 4 members (excludes halogenated alkanes) is 1. The number of rotatable bonds is 6. The van der Waals surface area contributed by atoms with Crippen LogP contribution in [0.2, 0.25) is 0 Å². The van der Waals surface area contributed by atoms with Gasteiger partial charge in [0.25, 0.3) is 0 Å². The highest BCUT2D eigenvalue weighted by atomic mass is 32.2. The van der Waals surface area contributed by atoms with Crippen molar-refractivity contribution >= 4 is 16.2 Å². The van der Waals surface area contributed by atoms with E-state index < -0.39 is 21.6 Å². The van der Waals surface area contributed by atoms with E-state index in [1.54, 1.807) is 0 Å². The molecule has 1 amide bonds. The predicted octanol–water partition coefficient (Wildman–Crippen LogP) is 1.14. The maximum atomic E-state index is 11.0. The smallest absolute Gasteiger partial charge is 0.408 e. The van der Waals surface area contributed by atoms with Crippen LogP contribution in [0.25, 0.3) is 0 Å². The van der Waals surface area contributed by atoms with E-state index in [2.05, 4.69) is 10.1 Å². The first-order valence-corrected chi connectivity index (χ1v) is 6.32. The number of hydrogen-bond donors (Lipinski definition) is 2. The first kappa shape index (κ1) is 14.2. The molecular weight excluding hydrogens is 222 g/mol. The minimum atomic E-state index is -4.32. The molecule has 0 saturated heterocycles. The highest BCUT2D eigenvalue weighted by Crippen LogP contribution is 2.05. The number of alkyl carbamates (subject to hydrolysis) is 1. The molecule has 1 atom stereocenters. The van der Waals surface area contributed by atoms with E-state index >= 15 is 0 Å². The fourth-order valence-electron chi connectivity index (χ4n) is 0.883. The van der Waals surface area contributed by atoms with E-state index in [0.29, 0.717) is 6.54 Å². The van der Waals surface area contributed by atoms with Crippen LogP contribution in [0.4, 0.5) is 4.79 Å². The van der Waals surface area contributed by atoms with Gasteiger partial charge in [-0.1, -0.05) is 20.3 Å². The lowest BCUT2D eigenvalue weighted by Gasteiger charge is -2.13. The molecular formula is C8H17NO5S. The van der Waals surface area contributed by atoms with Gasteiger partial charge in [0.1, 0.15) is 0 Å². The minimum Gasteiger partial charge on any atom is -0.427 e. The quantitative estimate of drug-likeness (QED) is 0.535. The molecule has 0 rings (SSSR count). The number of hydrogen-bond acceptors (Lipinski definition) is 4. The fraction of sp³-hybridized carbons (Fsp3) is 0.875. The van der Waals surface area contributed by atoms with Crippen molar-refractivity contribution in [3.05, 3.63) is 0 Å². The van der Waals surface area contributed by atoms with E-state index in [0.717, 1.165) is 12.8 Å². The van der Waals surface area contributed by atoms with Crippen molar-refractivity contribution < 1.29 is 22.5 Å². The molecule has 0 saturated carbocycles. The first-order valence-electron chi connectivity index (χ1n) is 4.82. The summed E-state index contributed by atoms with van der Waals surface area (Å²) in [6, 6.07) is 0. The van der Waals surface area contributed by atoms with Gasteiger partial charge in [0.2, 0.25) is 5.44 Å². The Hall–Kier alpha value is -0.820. The molecule has 0 radical (unpaired) electrons. The summed E-state index contributed by atoms with van der Waals surface area (Å²) in [6.07, 6.45) is 0.890. The summed E-state index contributed by atoms with van der Waals surface area (Å²) in [7, 11) is -4.32. The van der Waals surface area contributed by atoms with Gasteiger partial charge in [-0.2, -0.15) is 8.42 Å². The molecule has 0 bridgehead atoms. The molecule has 0 aromatic rings. The van der Waals surface area contributed by atoms with Crippen LogP contribution < -0.4 is 5.32 Å². The molecule has 15 heavy (non-hydrogen) atoms. The number of carbonyl (C=O) groups excluding carboxylic acids is 1. The van der Waals surface area contributed by atoms with Crippen LogP contribution in [0.15, 0.2) is 0 Å². The van der Waals surface area contributed by atoms with Gasteiger partial charge in [0.15, 0.2) is 0 Å². The van der Waals surface area contributed by atoms with Crippen LogP contribution in [-0.2, 0) is 14.9 Å². The number of ether oxygens (including phenoxy) is 1. The van der Waals surface area contributed by atoms with Gasteiger partial charge >= 0.3 is 16.2 Å². The minimum absolute atomic E-state index is 0.0139. The van der Waals surface area contributed by atoms with Crippen LogP contribution in [0.3, 0.4) is 0 Å². The molecule has 0 aliphatic rings. The van der Waals surface area contributed by atoms with Crippen molar-refractivity contribution in [2.24, 2.45) is 0 Å². The van der Waals surface area contributed by atoms with Crippen LogP contribution in [0, 0.1) is 0 Å². The zero-order valence-corrected chi connectivity index (χ0v) is 9.71. The molecule has 7 heteroatoms. The van der Waals surface area contributed by atoms with Crippen LogP contribution in [0.1, 0.15) is 33.1 Å². The second-order valence-electron chi connectivity index (χ2n) is 3.04. The Kier molecular flexibility index (Phi) is 6.26. The Morgan fingerprint density at radius 1 is 1.47 bits per heavy atom. The van der Waals surface area contributed by atoms with Gasteiger partial charge in [0, 0.05) is 6.54 Å². The lowest BCUT2D eigenvalue weighted by molar-refractivity contribution is 0.125. The Balaban J connectivity index is 4.03. The summed E-state index contributed by atoms with van der Waals surface area (Å²) in [5, 5.41) is 2.38. The Bertz CT molecular complexity index is 287. The van der Waals surface area contributed by atoms with Crippen molar-refractivity contribution in [1.29, 1.82) is 0 Å². The third-order valence-electron chi connectivity index (χ3n) is 1.70. The highest BCUT2D eigenvalue weighted by Gasteiger charge is 2.24. The summed E-state index contributed by atoms with van der Waals surface area (Å²) in [5.41, 5.74) is -1.49. The largest absolute Gasteiger partial charge is 0.427 e. The van der Waals surface area contributed by atoms with E-state index in [1.165, 1.54) is 6.92 Å². The van der Waals surface area contributed by atoms with Gasteiger partial charge in [-0.15, -0.1) is 0 Å². The third-order valence-corrected chi connectivity index (χ3v) is 2.80. The number of carbonyl (C=O) groups is 1. The fourth-order valence-corrected chi connectivity index (χ4v) is 1.51. The molecule has 2 N–H and O–H groups in total. The highest BCUT2D eigenvalue weighted by molar-refractivity contribution is 7.86. The predicted molar refractivity (Wildman–Crippen MR) is 55.0 cm³/mol. The van der Waals surface area contributed by atoms with Crippen molar-refractivity contribution in [3.63, 3.8) is 0 Å². The van der Waals surface area contributed by atoms with E-state index in [-0.39, 0.29) is 6.42 Å². The maximum Gasteiger partial charge on any atom is 0.408 e. The lowest BCUT2D eigenvalue weighted by atomic mass is 10.3. The zero-order valence-electron chi connectivity index (χ0n) is 8.89. The molecule has 0 heterocycles. The average molecular weight is 239 g/mol. The Labute approximate surface area is 89.7 Å². The van der Waals surface area contributed by atoms with Crippen molar-refractivity contribution in [2.75, 3.05) is 6.54 Å². The van der Waals surface area contributed by atoms with Gasteiger partial charge in [-0.05, 0) is 12.8 Å². The van der Waals surface area contributed by atoms with Crippen molar-refractivity contribution in [1.82, 2.24) is 5.32 Å². The molecule has 90 valence electrons. The van der Waals surface area contributed by atoms with Crippen molar-refractivity contribution in [2.45, 2.75) is 38.5 Å². The lowest BCUT2D eigenvalue weighted by Crippen LogP contribution is -2.33. The monoisotopic (exact) mass is 239 g/mol. The summed E-state index contributed by atoms with van der Waals surface area (Å²) in [6.45, 7) is 3.88. The SMILES string of the molecule is CCCCNC(=O)OC(CC)S(=O)(=O)O. The molecule has 0 fully saturated rings. The average Bonchev–Trinajstić information content (AvgIpc) is 2.12. The molecule has 1 unspecified atom stereocenters. The first-order chi connectivity index (χ1) is 6.91. The normalized spacial score (nSPS) is 13.3. The molecule has 0 aromatic carbocycles. The van der Waals surface area contributed by atoms with Crippen LogP contribution in [-0.4, -0.2) is 31.0 Å². The topological polar surface area (TPSA) is 92.7 Å². The Morgan fingerprint density at radius 3 is 2.47 bits per heavy atom. The summed E-state index contributed by atoms with van der Waals surface area (Å²) >= 11 is 0. The molecule has 0 aliphatic heterocycles. The van der Waals surface area contributed by atoms with E-state index in [9.17, 15) is 13.2 Å². The second kappa shape index (κ2) is 6.62. The number of amides is 1. The molecule has 6 nitrogen and oxygen atoms in total.